The van der Waals surface area contributed by atoms with Gasteiger partial charge in [0.15, 0.2) is 6.29 Å². The number of benzene rings is 1. The number of hydrogen-bond acceptors (Lipinski definition) is 8. The van der Waals surface area contributed by atoms with Crippen LogP contribution in [0.4, 0.5) is 0 Å². The van der Waals surface area contributed by atoms with Gasteiger partial charge in [0.2, 0.25) is 12.0 Å². The number of aromatic nitrogens is 2. The first-order valence-corrected chi connectivity index (χ1v) is 13.1. The average Bonchev–Trinajstić information content (AvgIpc) is 3.17. The van der Waals surface area contributed by atoms with Crippen LogP contribution in [0, 0.1) is 3.57 Å². The Bertz CT molecular complexity index is 1100. The SMILES string of the molecule is CCOC(=O)[C@@H](Cc1ccccc1OC1CCCCO1)Oc1ncnc2sc(CC)c(I)c12. The van der Waals surface area contributed by atoms with E-state index < -0.39 is 12.1 Å². The zero-order chi connectivity index (χ0) is 23.2. The highest BCUT2D eigenvalue weighted by Gasteiger charge is 2.27. The number of fused-ring (bicyclic) bond motifs is 1. The fourth-order valence-corrected chi connectivity index (χ4v) is 6.05. The second kappa shape index (κ2) is 11.4. The van der Waals surface area contributed by atoms with Crippen molar-refractivity contribution < 1.29 is 23.7 Å². The minimum atomic E-state index is -0.874. The smallest absolute Gasteiger partial charge is 0.347 e. The molecule has 0 aliphatic carbocycles. The van der Waals surface area contributed by atoms with Crippen LogP contribution in [0.15, 0.2) is 30.6 Å². The van der Waals surface area contributed by atoms with E-state index in [1.807, 2.05) is 24.3 Å². The van der Waals surface area contributed by atoms with Crippen LogP contribution < -0.4 is 9.47 Å². The van der Waals surface area contributed by atoms with Crippen molar-refractivity contribution in [1.29, 1.82) is 0 Å². The second-order valence-electron chi connectivity index (χ2n) is 7.64. The van der Waals surface area contributed by atoms with Gasteiger partial charge in [-0.25, -0.2) is 14.8 Å². The molecule has 0 saturated carbocycles. The third-order valence-corrected chi connectivity index (χ3v) is 8.16. The fourth-order valence-electron chi connectivity index (χ4n) is 3.71. The van der Waals surface area contributed by atoms with Gasteiger partial charge in [0.25, 0.3) is 0 Å². The quantitative estimate of drug-likeness (QED) is 0.250. The minimum Gasteiger partial charge on any atom is -0.465 e. The monoisotopic (exact) mass is 582 g/mol. The van der Waals surface area contributed by atoms with Crippen LogP contribution in [0.25, 0.3) is 10.2 Å². The Kier molecular flexibility index (Phi) is 8.37. The first kappa shape index (κ1) is 24.2. The molecule has 2 atom stereocenters. The maximum Gasteiger partial charge on any atom is 0.347 e. The molecule has 7 nitrogen and oxygen atoms in total. The summed E-state index contributed by atoms with van der Waals surface area (Å²) in [6.45, 7) is 4.85. The van der Waals surface area contributed by atoms with Crippen LogP contribution in [0.3, 0.4) is 0 Å². The Hall–Kier alpha value is -1.98. The summed E-state index contributed by atoms with van der Waals surface area (Å²) in [5.74, 6) is 0.648. The lowest BCUT2D eigenvalue weighted by atomic mass is 10.1. The Balaban J connectivity index is 1.61. The van der Waals surface area contributed by atoms with Gasteiger partial charge in [-0.15, -0.1) is 11.3 Å². The molecule has 0 spiro atoms. The summed E-state index contributed by atoms with van der Waals surface area (Å²) in [5.41, 5.74) is 0.851. The van der Waals surface area contributed by atoms with Crippen molar-refractivity contribution in [2.45, 2.75) is 58.3 Å². The number of nitrogens with zero attached hydrogens (tertiary/aromatic N) is 2. The molecule has 9 heteroatoms. The molecule has 1 aliphatic heterocycles. The summed E-state index contributed by atoms with van der Waals surface area (Å²) in [6, 6.07) is 7.67. The molecule has 0 bridgehead atoms. The average molecular weight is 582 g/mol. The van der Waals surface area contributed by atoms with E-state index in [0.717, 1.165) is 45.0 Å². The molecule has 1 aromatic carbocycles. The molecular formula is C24H27IN2O5S. The molecule has 2 aromatic heterocycles. The number of carbonyl (C=O) groups excluding carboxylic acids is 1. The molecule has 0 N–H and O–H groups in total. The topological polar surface area (TPSA) is 79.8 Å². The van der Waals surface area contributed by atoms with Crippen LogP contribution in [0.2, 0.25) is 0 Å². The van der Waals surface area contributed by atoms with Crippen LogP contribution in [-0.2, 0) is 27.1 Å². The number of halogens is 1. The fraction of sp³-hybridized carbons (Fsp3) is 0.458. The molecule has 3 aromatic rings. The molecule has 1 unspecified atom stereocenters. The van der Waals surface area contributed by atoms with Crippen LogP contribution >= 0.6 is 33.9 Å². The van der Waals surface area contributed by atoms with Gasteiger partial charge in [0.1, 0.15) is 16.9 Å². The summed E-state index contributed by atoms with van der Waals surface area (Å²) in [6.07, 6.45) is 4.48. The number of carbonyl (C=O) groups is 1. The van der Waals surface area contributed by atoms with E-state index in [4.69, 9.17) is 18.9 Å². The standard InChI is InChI=1S/C24H27IN2O5S/c1-3-18-21(25)20-22(26-14-27-23(20)33-18)32-17(24(28)29-4-2)13-15-9-5-6-10-16(15)31-19-11-7-8-12-30-19/h5-6,9-10,14,17,19H,3-4,7-8,11-13H2,1-2H3/t17-,19?/m1/s1. The van der Waals surface area contributed by atoms with Crippen molar-refractivity contribution in [1.82, 2.24) is 9.97 Å². The molecule has 4 rings (SSSR count). The molecular weight excluding hydrogens is 555 g/mol. The maximum absolute atomic E-state index is 12.9. The van der Waals surface area contributed by atoms with Crippen LogP contribution in [-0.4, -0.2) is 41.5 Å². The summed E-state index contributed by atoms with van der Waals surface area (Å²) < 4.78 is 24.5. The van der Waals surface area contributed by atoms with E-state index in [-0.39, 0.29) is 19.3 Å². The number of rotatable bonds is 9. The molecule has 1 aliphatic rings. The highest BCUT2D eigenvalue weighted by atomic mass is 127. The lowest BCUT2D eigenvalue weighted by Crippen LogP contribution is -2.32. The van der Waals surface area contributed by atoms with Crippen molar-refractivity contribution >= 4 is 50.1 Å². The maximum atomic E-state index is 12.9. The highest BCUT2D eigenvalue weighted by molar-refractivity contribution is 14.1. The van der Waals surface area contributed by atoms with E-state index in [1.54, 1.807) is 18.3 Å². The van der Waals surface area contributed by atoms with Gasteiger partial charge >= 0.3 is 5.97 Å². The number of hydrogen-bond donors (Lipinski definition) is 0. The predicted molar refractivity (Wildman–Crippen MR) is 135 cm³/mol. The van der Waals surface area contributed by atoms with Gasteiger partial charge in [-0.2, -0.15) is 0 Å². The Morgan fingerprint density at radius 3 is 2.88 bits per heavy atom. The number of para-hydroxylation sites is 1. The van der Waals surface area contributed by atoms with Crippen molar-refractivity contribution in [2.24, 2.45) is 0 Å². The lowest BCUT2D eigenvalue weighted by Gasteiger charge is -2.25. The van der Waals surface area contributed by atoms with E-state index in [0.29, 0.717) is 18.2 Å². The predicted octanol–water partition coefficient (Wildman–Crippen LogP) is 5.32. The molecule has 176 valence electrons. The van der Waals surface area contributed by atoms with Crippen LogP contribution in [0.5, 0.6) is 11.6 Å². The molecule has 0 amide bonds. The molecule has 3 heterocycles. The number of aryl methyl sites for hydroxylation is 1. The van der Waals surface area contributed by atoms with Gasteiger partial charge in [0.05, 0.1) is 18.6 Å². The van der Waals surface area contributed by atoms with Gasteiger partial charge in [-0.05, 0) is 60.4 Å². The van der Waals surface area contributed by atoms with Gasteiger partial charge < -0.3 is 18.9 Å². The largest absolute Gasteiger partial charge is 0.465 e. The zero-order valence-electron chi connectivity index (χ0n) is 18.7. The van der Waals surface area contributed by atoms with Crippen molar-refractivity contribution in [3.8, 4) is 11.6 Å². The van der Waals surface area contributed by atoms with Crippen molar-refractivity contribution in [3.63, 3.8) is 0 Å². The molecule has 1 fully saturated rings. The Morgan fingerprint density at radius 1 is 1.27 bits per heavy atom. The third-order valence-electron chi connectivity index (χ3n) is 5.36. The van der Waals surface area contributed by atoms with E-state index in [1.165, 1.54) is 11.2 Å². The van der Waals surface area contributed by atoms with Crippen molar-refractivity contribution in [2.75, 3.05) is 13.2 Å². The highest BCUT2D eigenvalue weighted by Crippen LogP contribution is 2.37. The summed E-state index contributed by atoms with van der Waals surface area (Å²) >= 11 is 3.92. The van der Waals surface area contributed by atoms with Gasteiger partial charge in [-0.3, -0.25) is 0 Å². The second-order valence-corrected chi connectivity index (χ2v) is 9.80. The summed E-state index contributed by atoms with van der Waals surface area (Å²) in [5, 5.41) is 0.842. The lowest BCUT2D eigenvalue weighted by molar-refractivity contribution is -0.151. The Labute approximate surface area is 211 Å². The van der Waals surface area contributed by atoms with Crippen molar-refractivity contribution in [3.05, 3.63) is 44.6 Å². The molecule has 1 saturated heterocycles. The zero-order valence-corrected chi connectivity index (χ0v) is 21.7. The first-order valence-electron chi connectivity index (χ1n) is 11.2. The van der Waals surface area contributed by atoms with Gasteiger partial charge in [-0.1, -0.05) is 25.1 Å². The van der Waals surface area contributed by atoms with E-state index >= 15 is 0 Å². The summed E-state index contributed by atoms with van der Waals surface area (Å²) in [4.78, 5) is 23.7. The minimum absolute atomic E-state index is 0.266. The third kappa shape index (κ3) is 5.75. The molecule has 0 radical (unpaired) electrons. The number of thiophene rings is 1. The first-order chi connectivity index (χ1) is 16.1. The number of ether oxygens (including phenoxy) is 4. The Morgan fingerprint density at radius 2 is 2.12 bits per heavy atom. The molecule has 33 heavy (non-hydrogen) atoms. The van der Waals surface area contributed by atoms with E-state index in [9.17, 15) is 4.79 Å². The van der Waals surface area contributed by atoms with E-state index in [2.05, 4.69) is 39.5 Å². The summed E-state index contributed by atoms with van der Waals surface area (Å²) in [7, 11) is 0. The normalized spacial score (nSPS) is 17.0. The van der Waals surface area contributed by atoms with Crippen LogP contribution in [0.1, 0.15) is 43.6 Å². The van der Waals surface area contributed by atoms with Gasteiger partial charge in [0, 0.05) is 21.3 Å². The number of esters is 1.